The predicted molar refractivity (Wildman–Crippen MR) is 97.1 cm³/mol. The van der Waals surface area contributed by atoms with E-state index in [9.17, 15) is 9.59 Å². The molecule has 1 amide bonds. The van der Waals surface area contributed by atoms with Gasteiger partial charge in [0.25, 0.3) is 5.91 Å². The molecule has 0 aliphatic rings. The van der Waals surface area contributed by atoms with Gasteiger partial charge in [-0.3, -0.25) is 4.79 Å². The van der Waals surface area contributed by atoms with Crippen molar-refractivity contribution >= 4 is 28.2 Å². The zero-order chi connectivity index (χ0) is 17.8. The van der Waals surface area contributed by atoms with E-state index >= 15 is 0 Å². The van der Waals surface area contributed by atoms with E-state index in [4.69, 9.17) is 9.15 Å². The summed E-state index contributed by atoms with van der Waals surface area (Å²) in [5.74, 6) is -0.255. The van der Waals surface area contributed by atoms with E-state index in [1.54, 1.807) is 19.9 Å². The lowest BCUT2D eigenvalue weighted by atomic mass is 10.0. The van der Waals surface area contributed by atoms with Crippen LogP contribution in [0.1, 0.15) is 33.4 Å². The molecule has 2 heterocycles. The zero-order valence-electron chi connectivity index (χ0n) is 13.9. The van der Waals surface area contributed by atoms with Gasteiger partial charge in [0, 0.05) is 10.9 Å². The molecular formula is C19H17NO4S. The number of amides is 1. The third kappa shape index (κ3) is 3.49. The topological polar surface area (TPSA) is 68.5 Å². The number of ether oxygens (including phenoxy) is 1. The van der Waals surface area contributed by atoms with Gasteiger partial charge in [0.15, 0.2) is 0 Å². The van der Waals surface area contributed by atoms with Crippen LogP contribution in [0.3, 0.4) is 0 Å². The number of hydrogen-bond donors (Lipinski definition) is 1. The summed E-state index contributed by atoms with van der Waals surface area (Å²) in [6.07, 6.45) is 1.46. The minimum absolute atomic E-state index is 0.261. The Hall–Kier alpha value is -2.86. The van der Waals surface area contributed by atoms with Crippen molar-refractivity contribution in [1.29, 1.82) is 0 Å². The number of carbonyl (C=O) groups is 2. The van der Waals surface area contributed by atoms with Gasteiger partial charge >= 0.3 is 5.97 Å². The number of anilines is 1. The van der Waals surface area contributed by atoms with Gasteiger partial charge < -0.3 is 14.5 Å². The highest BCUT2D eigenvalue weighted by molar-refractivity contribution is 7.15. The fourth-order valence-electron chi connectivity index (χ4n) is 2.48. The summed E-state index contributed by atoms with van der Waals surface area (Å²) in [5, 5.41) is 5.11. The maximum absolute atomic E-state index is 12.5. The van der Waals surface area contributed by atoms with Crippen molar-refractivity contribution in [3.05, 3.63) is 64.9 Å². The SMILES string of the molecule is CCOC(=O)c1c(-c2ccccc2)csc1NC(=O)c1ccoc1C. The Bertz CT molecular complexity index is 895. The number of benzene rings is 1. The lowest BCUT2D eigenvalue weighted by Gasteiger charge is -2.08. The van der Waals surface area contributed by atoms with Crippen LogP contribution in [0.15, 0.2) is 52.5 Å². The van der Waals surface area contributed by atoms with Crippen molar-refractivity contribution in [3.8, 4) is 11.1 Å². The van der Waals surface area contributed by atoms with E-state index in [0.29, 0.717) is 21.9 Å². The molecule has 6 heteroatoms. The highest BCUT2D eigenvalue weighted by Crippen LogP contribution is 2.36. The fourth-order valence-corrected chi connectivity index (χ4v) is 3.43. The first-order valence-corrected chi connectivity index (χ1v) is 8.69. The van der Waals surface area contributed by atoms with E-state index in [1.165, 1.54) is 17.6 Å². The number of thiophene rings is 1. The van der Waals surface area contributed by atoms with Crippen LogP contribution in [0.4, 0.5) is 5.00 Å². The molecule has 5 nitrogen and oxygen atoms in total. The molecule has 25 heavy (non-hydrogen) atoms. The van der Waals surface area contributed by atoms with Crippen molar-refractivity contribution in [2.24, 2.45) is 0 Å². The number of carbonyl (C=O) groups excluding carboxylic acids is 2. The number of furan rings is 1. The Morgan fingerprint density at radius 3 is 2.60 bits per heavy atom. The second-order valence-electron chi connectivity index (χ2n) is 5.28. The molecule has 2 aromatic heterocycles. The Morgan fingerprint density at radius 2 is 1.96 bits per heavy atom. The van der Waals surface area contributed by atoms with Gasteiger partial charge in [-0.05, 0) is 25.5 Å². The van der Waals surface area contributed by atoms with Crippen molar-refractivity contribution in [2.45, 2.75) is 13.8 Å². The van der Waals surface area contributed by atoms with Gasteiger partial charge in [-0.2, -0.15) is 0 Å². The van der Waals surface area contributed by atoms with Crippen LogP contribution in [0.2, 0.25) is 0 Å². The van der Waals surface area contributed by atoms with Gasteiger partial charge in [0.2, 0.25) is 0 Å². The zero-order valence-corrected chi connectivity index (χ0v) is 14.7. The molecule has 128 valence electrons. The van der Waals surface area contributed by atoms with E-state index < -0.39 is 5.97 Å². The lowest BCUT2D eigenvalue weighted by Crippen LogP contribution is -2.15. The van der Waals surface area contributed by atoms with Crippen LogP contribution in [0, 0.1) is 6.92 Å². The first-order chi connectivity index (χ1) is 12.1. The number of rotatable bonds is 5. The van der Waals surface area contributed by atoms with Gasteiger partial charge in [-0.15, -0.1) is 11.3 Å². The number of hydrogen-bond acceptors (Lipinski definition) is 5. The quantitative estimate of drug-likeness (QED) is 0.671. The van der Waals surface area contributed by atoms with Gasteiger partial charge in [0.05, 0.1) is 18.4 Å². The van der Waals surface area contributed by atoms with Gasteiger partial charge in [-0.25, -0.2) is 4.79 Å². The molecule has 0 radical (unpaired) electrons. The van der Waals surface area contributed by atoms with E-state index in [1.807, 2.05) is 35.7 Å². The second kappa shape index (κ2) is 7.36. The highest BCUT2D eigenvalue weighted by Gasteiger charge is 2.23. The Balaban J connectivity index is 1.99. The third-order valence-corrected chi connectivity index (χ3v) is 4.58. The summed E-state index contributed by atoms with van der Waals surface area (Å²) < 4.78 is 10.3. The van der Waals surface area contributed by atoms with E-state index in [-0.39, 0.29) is 12.5 Å². The fraction of sp³-hybridized carbons (Fsp3) is 0.158. The van der Waals surface area contributed by atoms with Crippen LogP contribution in [-0.4, -0.2) is 18.5 Å². The average Bonchev–Trinajstić information content (AvgIpc) is 3.22. The normalized spacial score (nSPS) is 10.5. The summed E-state index contributed by atoms with van der Waals surface area (Å²) in [6.45, 7) is 3.72. The Kier molecular flexibility index (Phi) is 5.00. The predicted octanol–water partition coefficient (Wildman–Crippen LogP) is 4.75. The highest BCUT2D eigenvalue weighted by atomic mass is 32.1. The summed E-state index contributed by atoms with van der Waals surface area (Å²) in [6, 6.07) is 11.1. The summed E-state index contributed by atoms with van der Waals surface area (Å²) >= 11 is 1.29. The smallest absolute Gasteiger partial charge is 0.341 e. The molecule has 0 atom stereocenters. The molecule has 0 aliphatic carbocycles. The van der Waals surface area contributed by atoms with E-state index in [0.717, 1.165) is 11.1 Å². The van der Waals surface area contributed by atoms with E-state index in [2.05, 4.69) is 5.32 Å². The van der Waals surface area contributed by atoms with Crippen molar-refractivity contribution in [1.82, 2.24) is 0 Å². The Labute approximate surface area is 149 Å². The summed E-state index contributed by atoms with van der Waals surface area (Å²) in [5.41, 5.74) is 2.43. The largest absolute Gasteiger partial charge is 0.469 e. The van der Waals surface area contributed by atoms with Crippen LogP contribution in [-0.2, 0) is 4.74 Å². The molecule has 0 saturated carbocycles. The van der Waals surface area contributed by atoms with Crippen molar-refractivity contribution < 1.29 is 18.7 Å². The summed E-state index contributed by atoms with van der Waals surface area (Å²) in [4.78, 5) is 24.9. The second-order valence-corrected chi connectivity index (χ2v) is 6.16. The van der Waals surface area contributed by atoms with Crippen molar-refractivity contribution in [2.75, 3.05) is 11.9 Å². The molecule has 0 saturated heterocycles. The number of aryl methyl sites for hydroxylation is 1. The van der Waals surface area contributed by atoms with Crippen LogP contribution < -0.4 is 5.32 Å². The molecule has 3 rings (SSSR count). The average molecular weight is 355 g/mol. The molecule has 0 fully saturated rings. The summed E-state index contributed by atoms with van der Waals surface area (Å²) in [7, 11) is 0. The molecule has 0 spiro atoms. The maximum Gasteiger partial charge on any atom is 0.341 e. The minimum atomic E-state index is -0.457. The molecule has 0 unspecified atom stereocenters. The van der Waals surface area contributed by atoms with Crippen LogP contribution >= 0.6 is 11.3 Å². The number of nitrogens with one attached hydrogen (secondary N) is 1. The van der Waals surface area contributed by atoms with Gasteiger partial charge in [0.1, 0.15) is 16.3 Å². The van der Waals surface area contributed by atoms with Crippen molar-refractivity contribution in [3.63, 3.8) is 0 Å². The third-order valence-electron chi connectivity index (χ3n) is 3.69. The monoisotopic (exact) mass is 355 g/mol. The molecule has 0 bridgehead atoms. The molecule has 0 aliphatic heterocycles. The lowest BCUT2D eigenvalue weighted by molar-refractivity contribution is 0.0529. The van der Waals surface area contributed by atoms with Crippen LogP contribution in [0.5, 0.6) is 0 Å². The first-order valence-electron chi connectivity index (χ1n) is 7.81. The molecular weight excluding hydrogens is 338 g/mol. The number of esters is 1. The van der Waals surface area contributed by atoms with Crippen LogP contribution in [0.25, 0.3) is 11.1 Å². The molecule has 1 N–H and O–H groups in total. The first kappa shape index (κ1) is 17.0. The Morgan fingerprint density at radius 1 is 1.20 bits per heavy atom. The standard InChI is InChI=1S/C19H17NO4S/c1-3-23-19(22)16-15(13-7-5-4-6-8-13)11-25-18(16)20-17(21)14-9-10-24-12(14)2/h4-11H,3H2,1-2H3,(H,20,21). The molecule has 1 aromatic carbocycles. The maximum atomic E-state index is 12.5. The molecule has 3 aromatic rings. The van der Waals surface area contributed by atoms with Gasteiger partial charge in [-0.1, -0.05) is 30.3 Å². The minimum Gasteiger partial charge on any atom is -0.469 e.